The van der Waals surface area contributed by atoms with Gasteiger partial charge in [-0.3, -0.25) is 4.90 Å². The number of fused-ring (bicyclic) bond motifs is 3. The summed E-state index contributed by atoms with van der Waals surface area (Å²) in [5, 5.41) is 3.38. The number of hydrogen-bond acceptors (Lipinski definition) is 4. The standard InChI is InChI=1S/C23H24N2O3/c1-15-12-21(24-13-15)22-25(10-11-27-22)23(26)28-14-20-18-8-4-2-6-16(18)17-7-3-5-9-19(17)20/h2-9,20-22,24H,1,10-14H2/t21-,22?/m0/s1. The van der Waals surface area contributed by atoms with E-state index in [1.54, 1.807) is 4.90 Å². The minimum atomic E-state index is -0.302. The van der Waals surface area contributed by atoms with Crippen molar-refractivity contribution in [2.45, 2.75) is 24.6 Å². The molecule has 5 rings (SSSR count). The molecule has 1 amide bonds. The summed E-state index contributed by atoms with van der Waals surface area (Å²) in [7, 11) is 0. The largest absolute Gasteiger partial charge is 0.448 e. The fraction of sp³-hybridized carbons (Fsp3) is 0.348. The fourth-order valence-electron chi connectivity index (χ4n) is 4.63. The predicted molar refractivity (Wildman–Crippen MR) is 107 cm³/mol. The third kappa shape index (κ3) is 2.91. The van der Waals surface area contributed by atoms with E-state index in [1.807, 2.05) is 12.1 Å². The first-order valence-electron chi connectivity index (χ1n) is 9.85. The average molecular weight is 376 g/mol. The number of benzene rings is 2. The maximum Gasteiger partial charge on any atom is 0.411 e. The number of ether oxygens (including phenoxy) is 2. The predicted octanol–water partition coefficient (Wildman–Crippen LogP) is 3.51. The molecule has 0 saturated carbocycles. The Bertz CT molecular complexity index is 880. The summed E-state index contributed by atoms with van der Waals surface area (Å²) in [5.74, 6) is 0.0719. The van der Waals surface area contributed by atoms with Crippen LogP contribution in [0, 0.1) is 0 Å². The first-order valence-corrected chi connectivity index (χ1v) is 9.85. The quantitative estimate of drug-likeness (QED) is 0.833. The van der Waals surface area contributed by atoms with Crippen LogP contribution >= 0.6 is 0 Å². The van der Waals surface area contributed by atoms with Gasteiger partial charge < -0.3 is 14.8 Å². The van der Waals surface area contributed by atoms with Crippen molar-refractivity contribution in [3.05, 3.63) is 71.8 Å². The highest BCUT2D eigenvalue weighted by Crippen LogP contribution is 2.44. The van der Waals surface area contributed by atoms with Crippen molar-refractivity contribution in [1.82, 2.24) is 10.2 Å². The lowest BCUT2D eigenvalue weighted by Gasteiger charge is -2.27. The van der Waals surface area contributed by atoms with Crippen molar-refractivity contribution < 1.29 is 14.3 Å². The molecule has 5 heteroatoms. The number of carbonyl (C=O) groups excluding carboxylic acids is 1. The van der Waals surface area contributed by atoms with E-state index in [1.165, 1.54) is 22.3 Å². The summed E-state index contributed by atoms with van der Waals surface area (Å²) in [6.07, 6.45) is 0.247. The number of hydrogen-bond donors (Lipinski definition) is 1. The van der Waals surface area contributed by atoms with Crippen molar-refractivity contribution in [2.24, 2.45) is 0 Å². The molecule has 0 bridgehead atoms. The maximum atomic E-state index is 12.8. The topological polar surface area (TPSA) is 50.8 Å². The van der Waals surface area contributed by atoms with Crippen LogP contribution in [0.5, 0.6) is 0 Å². The maximum absolute atomic E-state index is 12.8. The van der Waals surface area contributed by atoms with E-state index in [2.05, 4.69) is 48.3 Å². The Hall–Kier alpha value is -2.63. The highest BCUT2D eigenvalue weighted by molar-refractivity contribution is 5.79. The van der Waals surface area contributed by atoms with E-state index in [0.29, 0.717) is 19.8 Å². The second-order valence-electron chi connectivity index (χ2n) is 7.70. The number of amides is 1. The summed E-state index contributed by atoms with van der Waals surface area (Å²) < 4.78 is 11.6. The second-order valence-corrected chi connectivity index (χ2v) is 7.70. The van der Waals surface area contributed by atoms with Gasteiger partial charge in [0.1, 0.15) is 6.61 Å². The van der Waals surface area contributed by atoms with E-state index in [0.717, 1.165) is 18.5 Å². The normalized spacial score (nSPS) is 23.7. The molecule has 3 aliphatic rings. The summed E-state index contributed by atoms with van der Waals surface area (Å²) in [4.78, 5) is 14.6. The Morgan fingerprint density at radius 1 is 1.14 bits per heavy atom. The minimum absolute atomic E-state index is 0.0719. The van der Waals surface area contributed by atoms with Gasteiger partial charge >= 0.3 is 6.09 Å². The second kappa shape index (κ2) is 7.08. The van der Waals surface area contributed by atoms with Crippen LogP contribution in [0.4, 0.5) is 4.79 Å². The van der Waals surface area contributed by atoms with Crippen molar-refractivity contribution >= 4 is 6.09 Å². The molecule has 2 aromatic carbocycles. The molecule has 2 fully saturated rings. The molecule has 0 spiro atoms. The summed E-state index contributed by atoms with van der Waals surface area (Å²) in [5.41, 5.74) is 6.05. The average Bonchev–Trinajstić information content (AvgIpc) is 3.43. The van der Waals surface area contributed by atoms with Crippen molar-refractivity contribution in [3.63, 3.8) is 0 Å². The van der Waals surface area contributed by atoms with Crippen LogP contribution in [0.25, 0.3) is 11.1 Å². The smallest absolute Gasteiger partial charge is 0.411 e. The zero-order valence-electron chi connectivity index (χ0n) is 15.8. The van der Waals surface area contributed by atoms with Crippen LogP contribution in [-0.2, 0) is 9.47 Å². The molecule has 5 nitrogen and oxygen atoms in total. The van der Waals surface area contributed by atoms with Gasteiger partial charge in [0.2, 0.25) is 0 Å². The van der Waals surface area contributed by atoms with Crippen LogP contribution in [0.1, 0.15) is 23.5 Å². The Morgan fingerprint density at radius 3 is 2.46 bits per heavy atom. The van der Waals surface area contributed by atoms with Crippen LogP contribution < -0.4 is 5.32 Å². The zero-order chi connectivity index (χ0) is 19.1. The van der Waals surface area contributed by atoms with Crippen molar-refractivity contribution in [1.29, 1.82) is 0 Å². The molecular formula is C23H24N2O3. The van der Waals surface area contributed by atoms with Gasteiger partial charge in [-0.05, 0) is 28.7 Å². The number of carbonyl (C=O) groups is 1. The fourth-order valence-corrected chi connectivity index (χ4v) is 4.63. The molecule has 2 aliphatic heterocycles. The van der Waals surface area contributed by atoms with Crippen LogP contribution in [0.3, 0.4) is 0 Å². The van der Waals surface area contributed by atoms with Crippen LogP contribution in [0.15, 0.2) is 60.7 Å². The number of nitrogens with zero attached hydrogens (tertiary/aromatic N) is 1. The Balaban J connectivity index is 1.31. The monoisotopic (exact) mass is 376 g/mol. The number of nitrogens with one attached hydrogen (secondary N) is 1. The molecule has 2 saturated heterocycles. The highest BCUT2D eigenvalue weighted by atomic mass is 16.6. The summed E-state index contributed by atoms with van der Waals surface area (Å²) in [6, 6.07) is 16.8. The molecule has 2 atom stereocenters. The Morgan fingerprint density at radius 2 is 1.82 bits per heavy atom. The lowest BCUT2D eigenvalue weighted by atomic mass is 9.98. The van der Waals surface area contributed by atoms with Gasteiger partial charge in [-0.2, -0.15) is 0 Å². The molecule has 0 aromatic heterocycles. The lowest BCUT2D eigenvalue weighted by Crippen LogP contribution is -2.47. The lowest BCUT2D eigenvalue weighted by molar-refractivity contribution is 0.00450. The third-order valence-electron chi connectivity index (χ3n) is 5.97. The molecule has 2 aromatic rings. The number of rotatable bonds is 3. The van der Waals surface area contributed by atoms with E-state index in [-0.39, 0.29) is 24.3 Å². The van der Waals surface area contributed by atoms with E-state index < -0.39 is 0 Å². The minimum Gasteiger partial charge on any atom is -0.448 e. The zero-order valence-corrected chi connectivity index (χ0v) is 15.8. The molecule has 2 heterocycles. The molecular weight excluding hydrogens is 352 g/mol. The van der Waals surface area contributed by atoms with Gasteiger partial charge in [0, 0.05) is 12.5 Å². The van der Waals surface area contributed by atoms with Gasteiger partial charge in [0.15, 0.2) is 6.23 Å². The van der Waals surface area contributed by atoms with Crippen LogP contribution in [0.2, 0.25) is 0 Å². The molecule has 1 unspecified atom stereocenters. The highest BCUT2D eigenvalue weighted by Gasteiger charge is 2.39. The van der Waals surface area contributed by atoms with Crippen molar-refractivity contribution in [2.75, 3.05) is 26.3 Å². The van der Waals surface area contributed by atoms with Crippen LogP contribution in [-0.4, -0.2) is 49.6 Å². The molecule has 144 valence electrons. The first-order chi connectivity index (χ1) is 13.7. The van der Waals surface area contributed by atoms with Gasteiger partial charge in [-0.15, -0.1) is 0 Å². The van der Waals surface area contributed by atoms with E-state index in [4.69, 9.17) is 9.47 Å². The molecule has 1 N–H and O–H groups in total. The van der Waals surface area contributed by atoms with Gasteiger partial charge in [-0.1, -0.05) is 60.7 Å². The van der Waals surface area contributed by atoms with Gasteiger partial charge in [-0.25, -0.2) is 4.79 Å². The third-order valence-corrected chi connectivity index (χ3v) is 5.97. The first kappa shape index (κ1) is 17.5. The van der Waals surface area contributed by atoms with Gasteiger partial charge in [0.25, 0.3) is 0 Å². The Labute approximate surface area is 164 Å². The molecule has 28 heavy (non-hydrogen) atoms. The summed E-state index contributed by atoms with van der Waals surface area (Å²) >= 11 is 0. The summed E-state index contributed by atoms with van der Waals surface area (Å²) in [6.45, 7) is 6.24. The van der Waals surface area contributed by atoms with Crippen molar-refractivity contribution in [3.8, 4) is 11.1 Å². The van der Waals surface area contributed by atoms with E-state index in [9.17, 15) is 4.79 Å². The van der Waals surface area contributed by atoms with Gasteiger partial charge in [0.05, 0.1) is 19.2 Å². The molecule has 1 aliphatic carbocycles. The SMILES string of the molecule is C=C1CN[C@H](C2OCCN2C(=O)OCC2c3ccccc3-c3ccccc32)C1. The Kier molecular flexibility index (Phi) is 4.41. The van der Waals surface area contributed by atoms with E-state index >= 15 is 0 Å². The molecule has 0 radical (unpaired) electrons.